The molecular formula is C16H23N3S2. The van der Waals surface area contributed by atoms with Crippen molar-refractivity contribution in [3.8, 4) is 0 Å². The number of H-pyrrole nitrogens is 1. The molecule has 0 fully saturated rings. The summed E-state index contributed by atoms with van der Waals surface area (Å²) in [5.41, 5.74) is 3.94. The van der Waals surface area contributed by atoms with Crippen LogP contribution in [0.1, 0.15) is 11.3 Å². The Morgan fingerprint density at radius 2 is 1.90 bits per heavy atom. The van der Waals surface area contributed by atoms with E-state index in [9.17, 15) is 0 Å². The van der Waals surface area contributed by atoms with Crippen LogP contribution >= 0.6 is 24.0 Å². The number of nitrogens with one attached hydrogen (secondary N) is 1. The van der Waals surface area contributed by atoms with Crippen molar-refractivity contribution < 1.29 is 0 Å². The van der Waals surface area contributed by atoms with E-state index >= 15 is 0 Å². The van der Waals surface area contributed by atoms with Gasteiger partial charge in [0.15, 0.2) is 0 Å². The number of hydrogen-bond acceptors (Lipinski definition) is 3. The summed E-state index contributed by atoms with van der Waals surface area (Å²) in [6.45, 7) is 1.04. The van der Waals surface area contributed by atoms with Crippen LogP contribution in [0, 0.1) is 0 Å². The van der Waals surface area contributed by atoms with Gasteiger partial charge in [0.05, 0.1) is 0 Å². The first-order chi connectivity index (χ1) is 9.99. The van der Waals surface area contributed by atoms with Crippen molar-refractivity contribution in [2.24, 2.45) is 0 Å². The maximum Gasteiger partial charge on any atom is 0.136 e. The molecular weight excluding hydrogens is 298 g/mol. The summed E-state index contributed by atoms with van der Waals surface area (Å²) >= 11 is 7.12. The Morgan fingerprint density at radius 1 is 1.19 bits per heavy atom. The van der Waals surface area contributed by atoms with Crippen molar-refractivity contribution in [3.05, 3.63) is 35.5 Å². The van der Waals surface area contributed by atoms with Crippen LogP contribution in [0.2, 0.25) is 0 Å². The van der Waals surface area contributed by atoms with Crippen LogP contribution in [0.4, 0.5) is 0 Å². The van der Waals surface area contributed by atoms with Crippen molar-refractivity contribution in [2.45, 2.75) is 12.2 Å². The first-order valence-corrected chi connectivity index (χ1v) is 8.45. The molecule has 114 valence electrons. The molecule has 0 aliphatic rings. The second kappa shape index (κ2) is 7.29. The minimum absolute atomic E-state index is 0.920. The summed E-state index contributed by atoms with van der Waals surface area (Å²) in [5, 5.41) is 1.32. The van der Waals surface area contributed by atoms with Gasteiger partial charge >= 0.3 is 0 Å². The molecule has 21 heavy (non-hydrogen) atoms. The van der Waals surface area contributed by atoms with Gasteiger partial charge in [0, 0.05) is 49.4 Å². The molecule has 0 spiro atoms. The highest BCUT2D eigenvalue weighted by atomic mass is 32.2. The lowest BCUT2D eigenvalue weighted by Crippen LogP contribution is -2.17. The number of rotatable bonds is 5. The maximum absolute atomic E-state index is 5.39. The van der Waals surface area contributed by atoms with E-state index in [1.807, 2.05) is 19.0 Å². The molecule has 2 rings (SSSR count). The fourth-order valence-corrected chi connectivity index (χ4v) is 3.27. The SMILES string of the molecule is CN(C)CCc1[nH]c2ccccc2c1CSC(=S)N(C)C. The zero-order chi connectivity index (χ0) is 15.4. The molecule has 1 aromatic carbocycles. The highest BCUT2D eigenvalue weighted by Crippen LogP contribution is 2.27. The summed E-state index contributed by atoms with van der Waals surface area (Å²) in [5.74, 6) is 0.920. The topological polar surface area (TPSA) is 22.3 Å². The minimum Gasteiger partial charge on any atom is -0.364 e. The highest BCUT2D eigenvalue weighted by Gasteiger charge is 2.12. The summed E-state index contributed by atoms with van der Waals surface area (Å²) in [4.78, 5) is 7.79. The van der Waals surface area contributed by atoms with Crippen molar-refractivity contribution in [3.63, 3.8) is 0 Å². The predicted molar refractivity (Wildman–Crippen MR) is 98.1 cm³/mol. The van der Waals surface area contributed by atoms with Crippen molar-refractivity contribution >= 4 is 39.2 Å². The monoisotopic (exact) mass is 321 g/mol. The van der Waals surface area contributed by atoms with Crippen LogP contribution in [0.3, 0.4) is 0 Å². The molecule has 3 nitrogen and oxygen atoms in total. The molecule has 0 amide bonds. The molecule has 1 heterocycles. The van der Waals surface area contributed by atoms with Gasteiger partial charge in [-0.15, -0.1) is 0 Å². The summed E-state index contributed by atoms with van der Waals surface area (Å²) in [7, 11) is 8.21. The van der Waals surface area contributed by atoms with Gasteiger partial charge in [-0.25, -0.2) is 0 Å². The largest absolute Gasteiger partial charge is 0.364 e. The van der Waals surface area contributed by atoms with E-state index in [1.165, 1.54) is 22.2 Å². The first-order valence-electron chi connectivity index (χ1n) is 7.06. The fraction of sp³-hybridized carbons (Fsp3) is 0.438. The van der Waals surface area contributed by atoms with E-state index < -0.39 is 0 Å². The molecule has 1 N–H and O–H groups in total. The minimum atomic E-state index is 0.920. The smallest absolute Gasteiger partial charge is 0.136 e. The summed E-state index contributed by atoms with van der Waals surface area (Å²) in [6, 6.07) is 8.52. The number of likely N-dealkylation sites (N-methyl/N-ethyl adjacent to an activating group) is 1. The quantitative estimate of drug-likeness (QED) is 0.853. The fourth-order valence-electron chi connectivity index (χ4n) is 2.23. The van der Waals surface area contributed by atoms with E-state index in [-0.39, 0.29) is 0 Å². The number of fused-ring (bicyclic) bond motifs is 1. The van der Waals surface area contributed by atoms with Gasteiger partial charge in [-0.2, -0.15) is 0 Å². The zero-order valence-electron chi connectivity index (χ0n) is 13.1. The lowest BCUT2D eigenvalue weighted by molar-refractivity contribution is 0.412. The average Bonchev–Trinajstić information content (AvgIpc) is 2.80. The van der Waals surface area contributed by atoms with Gasteiger partial charge < -0.3 is 14.8 Å². The number of hydrogen-bond donors (Lipinski definition) is 1. The van der Waals surface area contributed by atoms with E-state index in [0.29, 0.717) is 0 Å². The lowest BCUT2D eigenvalue weighted by atomic mass is 10.1. The number of nitrogens with zero attached hydrogens (tertiary/aromatic N) is 2. The van der Waals surface area contributed by atoms with Gasteiger partial charge in [0.2, 0.25) is 0 Å². The average molecular weight is 322 g/mol. The second-order valence-electron chi connectivity index (χ2n) is 5.63. The summed E-state index contributed by atoms with van der Waals surface area (Å²) < 4.78 is 0.929. The van der Waals surface area contributed by atoms with Crippen LogP contribution in [0.15, 0.2) is 24.3 Å². The number of thiocarbonyl (C=S) groups is 1. The van der Waals surface area contributed by atoms with Gasteiger partial charge in [-0.05, 0) is 25.7 Å². The predicted octanol–water partition coefficient (Wildman–Crippen LogP) is 3.35. The molecule has 1 aromatic heterocycles. The third-order valence-electron chi connectivity index (χ3n) is 3.42. The van der Waals surface area contributed by atoms with Crippen molar-refractivity contribution in [1.82, 2.24) is 14.8 Å². The van der Waals surface area contributed by atoms with Gasteiger partial charge in [-0.3, -0.25) is 0 Å². The molecule has 5 heteroatoms. The van der Waals surface area contributed by atoms with Crippen LogP contribution < -0.4 is 0 Å². The molecule has 0 saturated carbocycles. The highest BCUT2D eigenvalue weighted by molar-refractivity contribution is 8.22. The van der Waals surface area contributed by atoms with Crippen molar-refractivity contribution in [1.29, 1.82) is 0 Å². The lowest BCUT2D eigenvalue weighted by Gasteiger charge is -2.13. The van der Waals surface area contributed by atoms with E-state index in [0.717, 1.165) is 23.0 Å². The zero-order valence-corrected chi connectivity index (χ0v) is 14.8. The van der Waals surface area contributed by atoms with Gasteiger partial charge in [0.25, 0.3) is 0 Å². The Morgan fingerprint density at radius 3 is 2.57 bits per heavy atom. The van der Waals surface area contributed by atoms with E-state index in [1.54, 1.807) is 11.8 Å². The molecule has 0 saturated heterocycles. The second-order valence-corrected chi connectivity index (χ2v) is 7.24. The molecule has 0 unspecified atom stereocenters. The third kappa shape index (κ3) is 4.22. The molecule has 0 bridgehead atoms. The van der Waals surface area contributed by atoms with Crippen LogP contribution in [0.25, 0.3) is 10.9 Å². The van der Waals surface area contributed by atoms with E-state index in [2.05, 4.69) is 48.2 Å². The molecule has 0 aliphatic heterocycles. The molecule has 0 atom stereocenters. The van der Waals surface area contributed by atoms with Crippen LogP contribution in [0.5, 0.6) is 0 Å². The first kappa shape index (κ1) is 16.3. The standard InChI is InChI=1S/C16H23N3S2/c1-18(2)10-9-15-13(11-21-16(20)19(3)4)12-7-5-6-8-14(12)17-15/h5-8,17H,9-11H2,1-4H3. The Balaban J connectivity index is 2.25. The Bertz CT molecular complexity index is 617. The molecule has 2 aromatic rings. The van der Waals surface area contributed by atoms with Crippen LogP contribution in [-0.4, -0.2) is 53.8 Å². The number of benzene rings is 1. The normalized spacial score (nSPS) is 11.3. The number of aromatic nitrogens is 1. The van der Waals surface area contributed by atoms with Crippen LogP contribution in [-0.2, 0) is 12.2 Å². The number of para-hydroxylation sites is 1. The summed E-state index contributed by atoms with van der Waals surface area (Å²) in [6.07, 6.45) is 1.03. The Labute approximate surface area is 136 Å². The van der Waals surface area contributed by atoms with Crippen molar-refractivity contribution in [2.75, 3.05) is 34.7 Å². The number of aromatic amines is 1. The third-order valence-corrected chi connectivity index (χ3v) is 5.18. The molecule has 0 aliphatic carbocycles. The maximum atomic E-state index is 5.39. The number of thioether (sulfide) groups is 1. The van der Waals surface area contributed by atoms with E-state index in [4.69, 9.17) is 12.2 Å². The Kier molecular flexibility index (Phi) is 5.67. The van der Waals surface area contributed by atoms with Gasteiger partial charge in [-0.1, -0.05) is 42.2 Å². The Hall–Kier alpha value is -1.04. The molecule has 0 radical (unpaired) electrons. The van der Waals surface area contributed by atoms with Gasteiger partial charge in [0.1, 0.15) is 4.32 Å².